The summed E-state index contributed by atoms with van der Waals surface area (Å²) in [6, 6.07) is 29.3. The number of hydrogen-bond acceptors (Lipinski definition) is 4. The summed E-state index contributed by atoms with van der Waals surface area (Å²) in [7, 11) is 0. The fourth-order valence-corrected chi connectivity index (χ4v) is 4.94. The molecule has 0 spiro atoms. The number of aliphatic hydroxyl groups is 1. The number of aliphatic hydroxyl groups excluding tert-OH is 1. The van der Waals surface area contributed by atoms with E-state index in [1.807, 2.05) is 78.9 Å². The van der Waals surface area contributed by atoms with Gasteiger partial charge in [-0.05, 0) is 39.9 Å². The average molecular weight is 457 g/mol. The van der Waals surface area contributed by atoms with Gasteiger partial charge >= 0.3 is 0 Å². The highest BCUT2D eigenvalue weighted by atomic mass is 16.3. The van der Waals surface area contributed by atoms with Crippen LogP contribution in [0, 0.1) is 0 Å². The Balaban J connectivity index is 1.64. The van der Waals surface area contributed by atoms with Crippen LogP contribution >= 0.6 is 0 Å². The van der Waals surface area contributed by atoms with Crippen molar-refractivity contribution in [2.45, 2.75) is 6.04 Å². The Morgan fingerprint density at radius 2 is 1.31 bits per heavy atom. The summed E-state index contributed by atoms with van der Waals surface area (Å²) in [5.74, 6) is -1.58. The molecule has 6 rings (SSSR count). The number of carbonyl (C=O) groups excluding carboxylic acids is 2. The number of Topliss-reactive ketones (excluding diaryl/α,β-unsaturated/α-hetero) is 1. The van der Waals surface area contributed by atoms with E-state index >= 15 is 0 Å². The number of anilines is 1. The zero-order chi connectivity index (χ0) is 23.9. The first-order chi connectivity index (χ1) is 17.1. The molecule has 5 nitrogen and oxygen atoms in total. The third-order valence-corrected chi connectivity index (χ3v) is 6.54. The van der Waals surface area contributed by atoms with Gasteiger partial charge in [0.05, 0.1) is 17.3 Å². The summed E-state index contributed by atoms with van der Waals surface area (Å²) < 4.78 is 0. The molecule has 0 aliphatic carbocycles. The number of fused-ring (bicyclic) bond motifs is 2. The second kappa shape index (κ2) is 8.22. The number of nitrogens with zero attached hydrogens (tertiary/aromatic N) is 2. The number of benzene rings is 4. The topological polar surface area (TPSA) is 70.5 Å². The van der Waals surface area contributed by atoms with E-state index in [1.165, 1.54) is 4.90 Å². The van der Waals surface area contributed by atoms with Gasteiger partial charge in [-0.25, -0.2) is 0 Å². The number of ketones is 1. The first-order valence-corrected chi connectivity index (χ1v) is 11.3. The lowest BCUT2D eigenvalue weighted by Crippen LogP contribution is -2.29. The maximum absolute atomic E-state index is 13.6. The van der Waals surface area contributed by atoms with E-state index in [4.69, 9.17) is 0 Å². The monoisotopic (exact) mass is 456 g/mol. The van der Waals surface area contributed by atoms with Crippen molar-refractivity contribution in [1.29, 1.82) is 0 Å². The minimum atomic E-state index is -0.803. The van der Waals surface area contributed by atoms with Crippen LogP contribution in [-0.4, -0.2) is 21.8 Å². The maximum atomic E-state index is 13.6. The number of amides is 1. The third kappa shape index (κ3) is 3.28. The van der Waals surface area contributed by atoms with Crippen LogP contribution < -0.4 is 4.90 Å². The van der Waals surface area contributed by atoms with Gasteiger partial charge in [0.15, 0.2) is 0 Å². The van der Waals surface area contributed by atoms with Crippen LogP contribution in [0.5, 0.6) is 0 Å². The van der Waals surface area contributed by atoms with Gasteiger partial charge in [-0.1, -0.05) is 78.9 Å². The first-order valence-electron chi connectivity index (χ1n) is 11.3. The Hall–Kier alpha value is -4.77. The van der Waals surface area contributed by atoms with E-state index in [-0.39, 0.29) is 11.3 Å². The van der Waals surface area contributed by atoms with Gasteiger partial charge in [-0.2, -0.15) is 0 Å². The van der Waals surface area contributed by atoms with Crippen LogP contribution in [0.15, 0.2) is 115 Å². The lowest BCUT2D eigenvalue weighted by atomic mass is 9.93. The zero-order valence-corrected chi connectivity index (χ0v) is 18.6. The Morgan fingerprint density at radius 3 is 2.06 bits per heavy atom. The first kappa shape index (κ1) is 20.8. The Labute approximate surface area is 201 Å². The van der Waals surface area contributed by atoms with E-state index in [2.05, 4.69) is 4.98 Å². The normalized spacial score (nSPS) is 17.4. The molecule has 1 atom stereocenters. The van der Waals surface area contributed by atoms with Crippen LogP contribution in [-0.2, 0) is 9.59 Å². The van der Waals surface area contributed by atoms with Crippen molar-refractivity contribution < 1.29 is 14.7 Å². The SMILES string of the molecule is O=C1C(=O)N(c2cccc3ccccc23)C(c2ccncc2)/C1=C(\O)c1cccc2ccccc12. The molecule has 1 aliphatic heterocycles. The van der Waals surface area contributed by atoms with Gasteiger partial charge in [0.25, 0.3) is 11.7 Å². The van der Waals surface area contributed by atoms with Crippen LogP contribution in [0.25, 0.3) is 27.3 Å². The highest BCUT2D eigenvalue weighted by molar-refractivity contribution is 6.52. The quantitative estimate of drug-likeness (QED) is 0.205. The second-order valence-corrected chi connectivity index (χ2v) is 8.47. The highest BCUT2D eigenvalue weighted by Crippen LogP contribution is 2.44. The lowest BCUT2D eigenvalue weighted by molar-refractivity contribution is -0.132. The fraction of sp³-hybridized carbons (Fsp3) is 0.0333. The van der Waals surface area contributed by atoms with E-state index in [0.717, 1.165) is 21.5 Å². The van der Waals surface area contributed by atoms with Crippen molar-refractivity contribution in [2.24, 2.45) is 0 Å². The molecule has 0 radical (unpaired) electrons. The molecule has 1 unspecified atom stereocenters. The Morgan fingerprint density at radius 1 is 0.714 bits per heavy atom. The summed E-state index contributed by atoms with van der Waals surface area (Å²) in [5, 5.41) is 15.1. The molecule has 0 saturated carbocycles. The Kier molecular flexibility index (Phi) is 4.89. The fourth-order valence-electron chi connectivity index (χ4n) is 4.94. The van der Waals surface area contributed by atoms with E-state index < -0.39 is 17.7 Å². The van der Waals surface area contributed by atoms with Gasteiger partial charge in [-0.3, -0.25) is 19.5 Å². The third-order valence-electron chi connectivity index (χ3n) is 6.54. The molecule has 1 aromatic heterocycles. The standard InChI is InChI=1S/C30H20N2O3/c33-28(24-13-5-9-19-7-1-3-11-22(19)24)26-27(21-15-17-31-18-16-21)32(30(35)29(26)34)25-14-6-10-20-8-2-4-12-23(20)25/h1-18,27,33H/b28-26+. The van der Waals surface area contributed by atoms with Crippen molar-refractivity contribution in [3.63, 3.8) is 0 Å². The van der Waals surface area contributed by atoms with Crippen molar-refractivity contribution >= 4 is 44.7 Å². The predicted molar refractivity (Wildman–Crippen MR) is 137 cm³/mol. The van der Waals surface area contributed by atoms with E-state index in [9.17, 15) is 14.7 Å². The van der Waals surface area contributed by atoms with Crippen LogP contribution in [0.4, 0.5) is 5.69 Å². The van der Waals surface area contributed by atoms with Gasteiger partial charge < -0.3 is 5.11 Å². The largest absolute Gasteiger partial charge is 0.507 e. The minimum Gasteiger partial charge on any atom is -0.507 e. The number of carbonyl (C=O) groups is 2. The van der Waals surface area contributed by atoms with Gasteiger partial charge in [0, 0.05) is 23.3 Å². The smallest absolute Gasteiger partial charge is 0.300 e. The van der Waals surface area contributed by atoms with Crippen molar-refractivity contribution in [1.82, 2.24) is 4.98 Å². The number of pyridine rings is 1. The van der Waals surface area contributed by atoms with Crippen molar-refractivity contribution in [2.75, 3.05) is 4.90 Å². The van der Waals surface area contributed by atoms with Gasteiger partial charge in [-0.15, -0.1) is 0 Å². The average Bonchev–Trinajstić information content (AvgIpc) is 3.18. The predicted octanol–water partition coefficient (Wildman–Crippen LogP) is 6.01. The molecular formula is C30H20N2O3. The zero-order valence-electron chi connectivity index (χ0n) is 18.6. The van der Waals surface area contributed by atoms with E-state index in [0.29, 0.717) is 16.8 Å². The molecule has 1 fully saturated rings. The summed E-state index contributed by atoms with van der Waals surface area (Å²) in [6.45, 7) is 0. The molecule has 5 heteroatoms. The second-order valence-electron chi connectivity index (χ2n) is 8.47. The lowest BCUT2D eigenvalue weighted by Gasteiger charge is -2.26. The van der Waals surface area contributed by atoms with Gasteiger partial charge in [0.1, 0.15) is 5.76 Å². The van der Waals surface area contributed by atoms with Gasteiger partial charge in [0.2, 0.25) is 0 Å². The van der Waals surface area contributed by atoms with Crippen molar-refractivity contribution in [3.05, 3.63) is 126 Å². The van der Waals surface area contributed by atoms with Crippen LogP contribution in [0.2, 0.25) is 0 Å². The number of hydrogen-bond donors (Lipinski definition) is 1. The van der Waals surface area contributed by atoms with E-state index in [1.54, 1.807) is 30.6 Å². The summed E-state index contributed by atoms with van der Waals surface area (Å²) in [6.07, 6.45) is 3.24. The molecule has 168 valence electrons. The molecule has 0 bridgehead atoms. The van der Waals surface area contributed by atoms with Crippen LogP contribution in [0.1, 0.15) is 17.2 Å². The minimum absolute atomic E-state index is 0.0606. The molecular weight excluding hydrogens is 436 g/mol. The highest BCUT2D eigenvalue weighted by Gasteiger charge is 2.47. The molecule has 1 saturated heterocycles. The molecule has 5 aromatic rings. The Bertz CT molecular complexity index is 1650. The molecule has 2 heterocycles. The maximum Gasteiger partial charge on any atom is 0.300 e. The van der Waals surface area contributed by atoms with Crippen molar-refractivity contribution in [3.8, 4) is 0 Å². The van der Waals surface area contributed by atoms with Crippen LogP contribution in [0.3, 0.4) is 0 Å². The molecule has 4 aromatic carbocycles. The summed E-state index contributed by atoms with van der Waals surface area (Å²) in [4.78, 5) is 32.7. The molecule has 1 aliphatic rings. The summed E-state index contributed by atoms with van der Waals surface area (Å²) >= 11 is 0. The molecule has 1 amide bonds. The summed E-state index contributed by atoms with van der Waals surface area (Å²) in [5.41, 5.74) is 1.88. The number of rotatable bonds is 3. The number of aromatic nitrogens is 1. The molecule has 35 heavy (non-hydrogen) atoms. The molecule has 1 N–H and O–H groups in total.